The molecule has 0 aliphatic carbocycles. The highest BCUT2D eigenvalue weighted by Crippen LogP contribution is 2.51. The lowest BCUT2D eigenvalue weighted by molar-refractivity contribution is 0.416. The van der Waals surface area contributed by atoms with E-state index in [4.69, 9.17) is 18.8 Å². The quantitative estimate of drug-likeness (QED) is 0.193. The second-order valence-corrected chi connectivity index (χ2v) is 12.7. The van der Waals surface area contributed by atoms with Crippen molar-refractivity contribution in [2.75, 3.05) is 0 Å². The van der Waals surface area contributed by atoms with Gasteiger partial charge in [0.05, 0.1) is 49.8 Å². The monoisotopic (exact) mass is 623 g/mol. The molecule has 0 fully saturated rings. The van der Waals surface area contributed by atoms with E-state index in [-0.39, 0.29) is 0 Å². The molecule has 1 atom stereocenters. The molecule has 0 bridgehead atoms. The van der Waals surface area contributed by atoms with E-state index in [0.717, 1.165) is 67.1 Å². The van der Waals surface area contributed by atoms with Crippen molar-refractivity contribution >= 4 is 55.7 Å². The van der Waals surface area contributed by atoms with Crippen LogP contribution in [0.2, 0.25) is 0 Å². The molecular weight excluding hydrogens is 592 g/mol. The van der Waals surface area contributed by atoms with E-state index in [2.05, 4.69) is 54.3 Å². The Labute approximate surface area is 278 Å². The van der Waals surface area contributed by atoms with Gasteiger partial charge in [-0.25, -0.2) is 9.97 Å². The molecule has 11 rings (SSSR count). The summed E-state index contributed by atoms with van der Waals surface area (Å²) in [5, 5.41) is 0. The number of hydrogen-bond acceptors (Lipinski definition) is 3. The van der Waals surface area contributed by atoms with Crippen LogP contribution in [0.1, 0.15) is 29.0 Å². The topological polar surface area (TPSA) is 53.7 Å². The lowest BCUT2D eigenvalue weighted by Gasteiger charge is -2.36. The van der Waals surface area contributed by atoms with E-state index in [1.54, 1.807) is 0 Å². The van der Waals surface area contributed by atoms with Crippen molar-refractivity contribution < 1.29 is 8.85 Å². The van der Waals surface area contributed by atoms with Crippen LogP contribution >= 0.6 is 0 Å². The third kappa shape index (κ3) is 3.17. The lowest BCUT2D eigenvalue weighted by atomic mass is 9.75. The second kappa shape index (κ2) is 8.92. The fourth-order valence-corrected chi connectivity index (χ4v) is 7.79. The van der Waals surface area contributed by atoms with E-state index in [0.29, 0.717) is 22.6 Å². The molecule has 1 aliphatic rings. The molecule has 0 saturated carbocycles. The molecule has 5 heterocycles. The SMILES string of the molecule is [2H]C([2H])([2H])C1(C)c2cc(-n3c4ccccc4n4c5ccccc5nc34)ccc2Oc2c(-n3c4ccccc4n4c5ccccc5nc34)cccc21. The summed E-state index contributed by atoms with van der Waals surface area (Å²) in [7, 11) is 0. The molecule has 6 aromatic carbocycles. The Bertz CT molecular complexity index is 3090. The first kappa shape index (κ1) is 23.1. The fourth-order valence-electron chi connectivity index (χ4n) is 7.79. The summed E-state index contributed by atoms with van der Waals surface area (Å²) < 4.78 is 42.6. The van der Waals surface area contributed by atoms with Gasteiger partial charge >= 0.3 is 0 Å². The molecule has 7 nitrogen and oxygen atoms in total. The summed E-state index contributed by atoms with van der Waals surface area (Å²) in [6, 6.07) is 44.2. The van der Waals surface area contributed by atoms with Crippen molar-refractivity contribution in [3.63, 3.8) is 0 Å². The number of benzene rings is 6. The molecule has 4 aromatic heterocycles. The van der Waals surface area contributed by atoms with E-state index < -0.39 is 12.3 Å². The van der Waals surface area contributed by atoms with Gasteiger partial charge in [-0.3, -0.25) is 17.9 Å². The van der Waals surface area contributed by atoms with Crippen molar-refractivity contribution in [1.82, 2.24) is 27.9 Å². The maximum atomic E-state index is 9.08. The molecule has 0 spiro atoms. The standard InChI is InChI=1S/C41H28N6O/c1-41(2)26-12-11-21-36(47-35-20-10-9-19-34(35)46-31-16-6-4-14-29(31)43-40(46)47)38(26)48-37-23-22-25(24-27(37)41)44-32-17-7-8-18-33(32)45-30-15-5-3-13-28(30)42-39(44)45/h3-24H,1-2H3/i1D3. The molecule has 0 amide bonds. The summed E-state index contributed by atoms with van der Waals surface area (Å²) >= 11 is 0. The Hall–Kier alpha value is -6.34. The van der Waals surface area contributed by atoms with Crippen molar-refractivity contribution in [2.24, 2.45) is 0 Å². The molecule has 228 valence electrons. The van der Waals surface area contributed by atoms with Crippen LogP contribution in [-0.4, -0.2) is 27.9 Å². The van der Waals surface area contributed by atoms with E-state index in [9.17, 15) is 0 Å². The van der Waals surface area contributed by atoms with Gasteiger partial charge in [0.2, 0.25) is 11.6 Å². The second-order valence-electron chi connectivity index (χ2n) is 12.7. The van der Waals surface area contributed by atoms with Gasteiger partial charge in [0.25, 0.3) is 0 Å². The van der Waals surface area contributed by atoms with Crippen molar-refractivity contribution in [3.05, 3.63) is 145 Å². The molecule has 10 aromatic rings. The minimum Gasteiger partial charge on any atom is -0.455 e. The largest absolute Gasteiger partial charge is 0.455 e. The molecule has 1 aliphatic heterocycles. The summed E-state index contributed by atoms with van der Waals surface area (Å²) in [4.78, 5) is 10.1. The number of para-hydroxylation sites is 9. The maximum Gasteiger partial charge on any atom is 0.220 e. The normalized spacial score (nSPS) is 17.1. The van der Waals surface area contributed by atoms with Crippen LogP contribution in [0.15, 0.2) is 133 Å². The Morgan fingerprint density at radius 1 is 0.562 bits per heavy atom. The number of rotatable bonds is 2. The van der Waals surface area contributed by atoms with Crippen LogP contribution in [0.5, 0.6) is 11.5 Å². The smallest absolute Gasteiger partial charge is 0.220 e. The van der Waals surface area contributed by atoms with Gasteiger partial charge < -0.3 is 4.74 Å². The van der Waals surface area contributed by atoms with E-state index in [1.807, 2.05) is 104 Å². The third-order valence-electron chi connectivity index (χ3n) is 9.96. The Morgan fingerprint density at radius 3 is 1.77 bits per heavy atom. The van der Waals surface area contributed by atoms with Crippen LogP contribution < -0.4 is 4.74 Å². The van der Waals surface area contributed by atoms with Crippen LogP contribution in [0.3, 0.4) is 0 Å². The molecule has 7 heteroatoms. The van der Waals surface area contributed by atoms with Gasteiger partial charge in [0.15, 0.2) is 5.75 Å². The minimum atomic E-state index is -2.43. The Kier molecular flexibility index (Phi) is 4.29. The van der Waals surface area contributed by atoms with Gasteiger partial charge in [-0.1, -0.05) is 74.4 Å². The highest BCUT2D eigenvalue weighted by atomic mass is 16.5. The van der Waals surface area contributed by atoms with Crippen LogP contribution in [0.4, 0.5) is 0 Å². The zero-order valence-electron chi connectivity index (χ0n) is 28.8. The highest BCUT2D eigenvalue weighted by molar-refractivity contribution is 5.94. The van der Waals surface area contributed by atoms with Crippen LogP contribution in [0.25, 0.3) is 67.1 Å². The number of imidazole rings is 4. The number of nitrogens with zero attached hydrogens (tertiary/aromatic N) is 6. The zero-order valence-corrected chi connectivity index (χ0v) is 25.8. The number of aromatic nitrogens is 6. The highest BCUT2D eigenvalue weighted by Gasteiger charge is 2.37. The zero-order chi connectivity index (χ0) is 34.2. The average Bonchev–Trinajstić information content (AvgIpc) is 3.87. The van der Waals surface area contributed by atoms with Crippen LogP contribution in [0, 0.1) is 0 Å². The number of fused-ring (bicyclic) bond motifs is 12. The summed E-state index contributed by atoms with van der Waals surface area (Å²) in [6.45, 7) is -0.613. The van der Waals surface area contributed by atoms with Gasteiger partial charge in [0, 0.05) is 26.3 Å². The van der Waals surface area contributed by atoms with E-state index >= 15 is 0 Å². The number of ether oxygens (including phenoxy) is 1. The third-order valence-corrected chi connectivity index (χ3v) is 9.96. The first-order valence-corrected chi connectivity index (χ1v) is 16.0. The Balaban J connectivity index is 1.17. The summed E-state index contributed by atoms with van der Waals surface area (Å²) in [6.07, 6.45) is 0. The maximum absolute atomic E-state index is 9.08. The minimum absolute atomic E-state index is 0.499. The molecular formula is C41H28N6O. The summed E-state index contributed by atoms with van der Waals surface area (Å²) in [5.41, 5.74) is 8.97. The predicted octanol–water partition coefficient (Wildman–Crippen LogP) is 9.61. The number of hydrogen-bond donors (Lipinski definition) is 0. The first-order chi connectivity index (χ1) is 24.8. The van der Waals surface area contributed by atoms with Crippen molar-refractivity contribution in [2.45, 2.75) is 19.2 Å². The van der Waals surface area contributed by atoms with E-state index in [1.165, 1.54) is 0 Å². The average molecular weight is 624 g/mol. The fraction of sp³-hybridized carbons (Fsp3) is 0.0732. The molecule has 0 radical (unpaired) electrons. The molecule has 0 N–H and O–H groups in total. The molecule has 48 heavy (non-hydrogen) atoms. The lowest BCUT2D eigenvalue weighted by Crippen LogP contribution is -2.25. The van der Waals surface area contributed by atoms with Gasteiger partial charge in [-0.05, 0) is 72.8 Å². The van der Waals surface area contributed by atoms with Crippen LogP contribution in [-0.2, 0) is 5.41 Å². The van der Waals surface area contributed by atoms with Gasteiger partial charge in [-0.2, -0.15) is 0 Å². The van der Waals surface area contributed by atoms with Gasteiger partial charge in [0.1, 0.15) is 5.75 Å². The molecule has 0 saturated heterocycles. The molecule has 1 unspecified atom stereocenters. The van der Waals surface area contributed by atoms with Crippen molar-refractivity contribution in [1.29, 1.82) is 0 Å². The Morgan fingerprint density at radius 2 is 1.12 bits per heavy atom. The summed E-state index contributed by atoms with van der Waals surface area (Å²) in [5.74, 6) is 2.48. The van der Waals surface area contributed by atoms with Crippen molar-refractivity contribution in [3.8, 4) is 22.9 Å². The first-order valence-electron chi connectivity index (χ1n) is 17.5. The predicted molar refractivity (Wildman–Crippen MR) is 191 cm³/mol. The van der Waals surface area contributed by atoms with Gasteiger partial charge in [-0.15, -0.1) is 0 Å².